The zero-order valence-electron chi connectivity index (χ0n) is 14.3. The molecular weight excluding hydrogens is 323 g/mol. The van der Waals surface area contributed by atoms with Crippen LogP contribution in [0.25, 0.3) is 0 Å². The molecule has 1 unspecified atom stereocenters. The highest BCUT2D eigenvalue weighted by atomic mass is 31.2. The summed E-state index contributed by atoms with van der Waals surface area (Å²) in [7, 11) is -3.55. The van der Waals surface area contributed by atoms with Crippen molar-refractivity contribution in [2.75, 3.05) is 6.61 Å². The molecule has 24 heavy (non-hydrogen) atoms. The smallest absolute Gasteiger partial charge is 0.332 e. The van der Waals surface area contributed by atoms with Crippen LogP contribution in [-0.4, -0.2) is 11.5 Å². The Morgan fingerprint density at radius 1 is 0.917 bits per heavy atom. The van der Waals surface area contributed by atoms with Crippen molar-refractivity contribution in [1.82, 2.24) is 0 Å². The van der Waals surface area contributed by atoms with Crippen LogP contribution in [0.4, 0.5) is 0 Å². The van der Waals surface area contributed by atoms with Crippen molar-refractivity contribution >= 4 is 7.60 Å². The molecule has 0 aliphatic heterocycles. The standard InChI is InChI=1S/C19H25O4P/c1-3-5-6-16-7-11-18(12-8-16)23-19-13-9-17(10-14-19)15-24(20,21)22-4-2/h7-14H,3-6,15H2,1-2H3,(H,20,21). The SMILES string of the molecule is CCCCc1ccc(Oc2ccc(CP(=O)(O)OCC)cc2)cc1. The summed E-state index contributed by atoms with van der Waals surface area (Å²) in [4.78, 5) is 9.66. The Bertz CT molecular complexity index is 665. The van der Waals surface area contributed by atoms with Gasteiger partial charge in [0.25, 0.3) is 0 Å². The predicted octanol–water partition coefficient (Wildman–Crippen LogP) is 5.54. The van der Waals surface area contributed by atoms with Crippen LogP contribution in [0.1, 0.15) is 37.8 Å². The summed E-state index contributed by atoms with van der Waals surface area (Å²) in [5.41, 5.74) is 2.06. The first-order chi connectivity index (χ1) is 11.5. The van der Waals surface area contributed by atoms with Gasteiger partial charge in [0, 0.05) is 0 Å². The molecule has 2 aromatic rings. The van der Waals surface area contributed by atoms with Crippen LogP contribution in [-0.2, 0) is 21.7 Å². The minimum absolute atomic E-state index is 0.00719. The third kappa shape index (κ3) is 6.12. The van der Waals surface area contributed by atoms with E-state index in [0.29, 0.717) is 5.75 Å². The average molecular weight is 348 g/mol. The van der Waals surface area contributed by atoms with Crippen LogP contribution in [0.5, 0.6) is 11.5 Å². The van der Waals surface area contributed by atoms with Crippen LogP contribution < -0.4 is 4.74 Å². The van der Waals surface area contributed by atoms with E-state index >= 15 is 0 Å². The second-order valence-electron chi connectivity index (χ2n) is 5.71. The highest BCUT2D eigenvalue weighted by Crippen LogP contribution is 2.45. The Balaban J connectivity index is 1.95. The van der Waals surface area contributed by atoms with Gasteiger partial charge >= 0.3 is 7.60 Å². The first kappa shape index (κ1) is 18.7. The molecule has 5 heteroatoms. The molecule has 0 radical (unpaired) electrons. The molecule has 0 heterocycles. The number of rotatable bonds is 9. The van der Waals surface area contributed by atoms with E-state index in [4.69, 9.17) is 9.26 Å². The highest BCUT2D eigenvalue weighted by molar-refractivity contribution is 7.51. The van der Waals surface area contributed by atoms with Crippen molar-refractivity contribution in [1.29, 1.82) is 0 Å². The maximum atomic E-state index is 11.8. The van der Waals surface area contributed by atoms with Gasteiger partial charge in [0.1, 0.15) is 11.5 Å². The lowest BCUT2D eigenvalue weighted by atomic mass is 10.1. The summed E-state index contributed by atoms with van der Waals surface area (Å²) < 4.78 is 22.5. The van der Waals surface area contributed by atoms with E-state index in [1.807, 2.05) is 12.1 Å². The summed E-state index contributed by atoms with van der Waals surface area (Å²) in [6.45, 7) is 4.11. The van der Waals surface area contributed by atoms with Crippen LogP contribution in [0.3, 0.4) is 0 Å². The number of ether oxygens (including phenoxy) is 1. The molecule has 2 rings (SSSR count). The Morgan fingerprint density at radius 2 is 1.46 bits per heavy atom. The molecule has 0 amide bonds. The van der Waals surface area contributed by atoms with Gasteiger partial charge in [-0.3, -0.25) is 4.57 Å². The summed E-state index contributed by atoms with van der Waals surface area (Å²) in [5.74, 6) is 1.48. The zero-order chi connectivity index (χ0) is 17.4. The van der Waals surface area contributed by atoms with Crippen molar-refractivity contribution in [3.05, 3.63) is 59.7 Å². The Hall–Kier alpha value is -1.61. The zero-order valence-corrected chi connectivity index (χ0v) is 15.2. The molecule has 0 aliphatic carbocycles. The van der Waals surface area contributed by atoms with E-state index in [0.717, 1.165) is 17.7 Å². The van der Waals surface area contributed by atoms with E-state index in [1.165, 1.54) is 18.4 Å². The van der Waals surface area contributed by atoms with Gasteiger partial charge < -0.3 is 14.2 Å². The largest absolute Gasteiger partial charge is 0.457 e. The van der Waals surface area contributed by atoms with Gasteiger partial charge in [-0.15, -0.1) is 0 Å². The summed E-state index contributed by atoms with van der Waals surface area (Å²) >= 11 is 0. The summed E-state index contributed by atoms with van der Waals surface area (Å²) in [5, 5.41) is 0. The van der Waals surface area contributed by atoms with Crippen molar-refractivity contribution in [2.24, 2.45) is 0 Å². The first-order valence-corrected chi connectivity index (χ1v) is 10.1. The number of unbranched alkanes of at least 4 members (excludes halogenated alkanes) is 1. The van der Waals surface area contributed by atoms with E-state index in [1.54, 1.807) is 31.2 Å². The molecule has 0 saturated heterocycles. The van der Waals surface area contributed by atoms with E-state index in [-0.39, 0.29) is 12.8 Å². The van der Waals surface area contributed by atoms with Gasteiger partial charge in [-0.05, 0) is 55.2 Å². The van der Waals surface area contributed by atoms with E-state index in [9.17, 15) is 9.46 Å². The van der Waals surface area contributed by atoms with Gasteiger partial charge in [-0.25, -0.2) is 0 Å². The number of aryl methyl sites for hydroxylation is 1. The van der Waals surface area contributed by atoms with Crippen molar-refractivity contribution < 1.29 is 18.7 Å². The molecule has 1 N–H and O–H groups in total. The molecule has 0 fully saturated rings. The number of benzene rings is 2. The molecule has 130 valence electrons. The molecular formula is C19H25O4P. The summed E-state index contributed by atoms with van der Waals surface area (Å²) in [6.07, 6.45) is 3.48. The lowest BCUT2D eigenvalue weighted by Crippen LogP contribution is -1.93. The maximum absolute atomic E-state index is 11.8. The Morgan fingerprint density at radius 3 is 1.96 bits per heavy atom. The summed E-state index contributed by atoms with van der Waals surface area (Å²) in [6, 6.07) is 15.3. The number of hydrogen-bond acceptors (Lipinski definition) is 3. The van der Waals surface area contributed by atoms with Crippen molar-refractivity contribution in [3.63, 3.8) is 0 Å². The normalized spacial score (nSPS) is 13.5. The molecule has 1 atom stereocenters. The van der Waals surface area contributed by atoms with Crippen LogP contribution >= 0.6 is 7.60 Å². The van der Waals surface area contributed by atoms with Crippen molar-refractivity contribution in [2.45, 2.75) is 39.3 Å². The minimum atomic E-state index is -3.55. The number of hydrogen-bond donors (Lipinski definition) is 1. The lowest BCUT2D eigenvalue weighted by molar-refractivity contribution is 0.272. The fraction of sp³-hybridized carbons (Fsp3) is 0.368. The van der Waals surface area contributed by atoms with Gasteiger partial charge in [0.2, 0.25) is 0 Å². The van der Waals surface area contributed by atoms with Crippen LogP contribution in [0.2, 0.25) is 0 Å². The quantitative estimate of drug-likeness (QED) is 0.604. The second-order valence-corrected chi connectivity index (χ2v) is 7.56. The highest BCUT2D eigenvalue weighted by Gasteiger charge is 2.18. The minimum Gasteiger partial charge on any atom is -0.457 e. The topological polar surface area (TPSA) is 55.8 Å². The van der Waals surface area contributed by atoms with Crippen LogP contribution in [0, 0.1) is 0 Å². The lowest BCUT2D eigenvalue weighted by Gasteiger charge is -2.11. The molecule has 0 bridgehead atoms. The van der Waals surface area contributed by atoms with Crippen LogP contribution in [0.15, 0.2) is 48.5 Å². The van der Waals surface area contributed by atoms with E-state index < -0.39 is 7.60 Å². The second kappa shape index (κ2) is 9.03. The molecule has 0 aromatic heterocycles. The molecule has 0 aliphatic rings. The van der Waals surface area contributed by atoms with E-state index in [2.05, 4.69) is 19.1 Å². The predicted molar refractivity (Wildman–Crippen MR) is 96.7 cm³/mol. The third-order valence-electron chi connectivity index (χ3n) is 3.61. The third-order valence-corrected chi connectivity index (χ3v) is 5.04. The maximum Gasteiger partial charge on any atom is 0.332 e. The molecule has 0 spiro atoms. The van der Waals surface area contributed by atoms with Gasteiger partial charge in [-0.1, -0.05) is 37.6 Å². The molecule has 4 nitrogen and oxygen atoms in total. The Kier molecular flexibility index (Phi) is 7.04. The van der Waals surface area contributed by atoms with Crippen molar-refractivity contribution in [3.8, 4) is 11.5 Å². The first-order valence-electron chi connectivity index (χ1n) is 8.34. The van der Waals surface area contributed by atoms with Gasteiger partial charge in [-0.2, -0.15) is 0 Å². The molecule has 0 saturated carbocycles. The fourth-order valence-corrected chi connectivity index (χ4v) is 3.55. The van der Waals surface area contributed by atoms with Gasteiger partial charge in [0.05, 0.1) is 12.8 Å². The Labute approximate surface area is 144 Å². The monoisotopic (exact) mass is 348 g/mol. The molecule has 2 aromatic carbocycles. The average Bonchev–Trinajstić information content (AvgIpc) is 2.56. The fourth-order valence-electron chi connectivity index (χ4n) is 2.38. The van der Waals surface area contributed by atoms with Gasteiger partial charge in [0.15, 0.2) is 0 Å².